The highest BCUT2D eigenvalue weighted by Gasteiger charge is 2.29. The second-order valence-electron chi connectivity index (χ2n) is 5.24. The highest BCUT2D eigenvalue weighted by Crippen LogP contribution is 2.37. The molecule has 1 fully saturated rings. The molecule has 3 rings (SSSR count). The molecule has 0 bridgehead atoms. The minimum absolute atomic E-state index is 0.391. The Bertz CT molecular complexity index is 590. The number of halogens is 1. The summed E-state index contributed by atoms with van der Waals surface area (Å²) in [5.41, 5.74) is 6.34. The average Bonchev–Trinajstić information content (AvgIpc) is 3.12. The van der Waals surface area contributed by atoms with Gasteiger partial charge in [0.05, 0.1) is 5.56 Å². The maximum atomic E-state index is 13.9. The van der Waals surface area contributed by atoms with Gasteiger partial charge in [0, 0.05) is 12.2 Å². The largest absolute Gasteiger partial charge is 0.399 e. The van der Waals surface area contributed by atoms with Gasteiger partial charge in [0.25, 0.3) is 0 Å². The van der Waals surface area contributed by atoms with Gasteiger partial charge in [-0.3, -0.25) is 0 Å². The molecular weight excluding hydrogens is 245 g/mol. The van der Waals surface area contributed by atoms with Crippen LogP contribution in [-0.2, 0) is 6.54 Å². The fourth-order valence-electron chi connectivity index (χ4n) is 2.32. The van der Waals surface area contributed by atoms with Gasteiger partial charge >= 0.3 is 0 Å². The zero-order valence-electron chi connectivity index (χ0n) is 10.8. The van der Waals surface area contributed by atoms with Crippen molar-refractivity contribution in [1.82, 2.24) is 20.2 Å². The molecule has 1 heterocycles. The molecule has 1 saturated carbocycles. The highest BCUT2D eigenvalue weighted by molar-refractivity contribution is 5.59. The minimum Gasteiger partial charge on any atom is -0.399 e. The molecule has 2 N–H and O–H groups in total. The smallest absolute Gasteiger partial charge is 0.184 e. The van der Waals surface area contributed by atoms with Crippen molar-refractivity contribution in [2.24, 2.45) is 11.8 Å². The first kappa shape index (κ1) is 12.1. The average molecular weight is 261 g/mol. The number of rotatable bonds is 4. The Morgan fingerprint density at radius 3 is 2.95 bits per heavy atom. The van der Waals surface area contributed by atoms with Crippen molar-refractivity contribution in [3.63, 3.8) is 0 Å². The fraction of sp³-hybridized carbons (Fsp3) is 0.462. The lowest BCUT2D eigenvalue weighted by atomic mass is 10.1. The third kappa shape index (κ3) is 2.43. The molecule has 1 unspecified atom stereocenters. The summed E-state index contributed by atoms with van der Waals surface area (Å²) in [6, 6.07) is 4.56. The highest BCUT2D eigenvalue weighted by atomic mass is 19.1. The van der Waals surface area contributed by atoms with Gasteiger partial charge in [-0.2, -0.15) is 0 Å². The Hall–Kier alpha value is -1.98. The minimum atomic E-state index is -0.393. The van der Waals surface area contributed by atoms with Gasteiger partial charge < -0.3 is 5.73 Å². The van der Waals surface area contributed by atoms with Gasteiger partial charge in [-0.05, 0) is 53.3 Å². The molecule has 1 aliphatic rings. The standard InChI is InChI=1S/C13H16FN5/c1-8(9-2-3-9)7-19-13(16-17-18-19)11-5-4-10(15)6-12(11)14/h4-6,8-9H,2-3,7,15H2,1H3. The molecule has 5 nitrogen and oxygen atoms in total. The summed E-state index contributed by atoms with van der Waals surface area (Å²) in [7, 11) is 0. The van der Waals surface area contributed by atoms with Crippen LogP contribution < -0.4 is 5.73 Å². The van der Waals surface area contributed by atoms with Gasteiger partial charge in [-0.25, -0.2) is 9.07 Å². The summed E-state index contributed by atoms with van der Waals surface area (Å²) in [5, 5.41) is 11.6. The van der Waals surface area contributed by atoms with E-state index in [4.69, 9.17) is 5.73 Å². The Labute approximate surface area is 110 Å². The number of anilines is 1. The molecule has 1 aliphatic carbocycles. The van der Waals surface area contributed by atoms with Crippen LogP contribution in [0.5, 0.6) is 0 Å². The lowest BCUT2D eigenvalue weighted by Crippen LogP contribution is -2.12. The Morgan fingerprint density at radius 2 is 2.26 bits per heavy atom. The zero-order chi connectivity index (χ0) is 13.4. The Kier molecular flexibility index (Phi) is 2.93. The summed E-state index contributed by atoms with van der Waals surface area (Å²) in [4.78, 5) is 0. The van der Waals surface area contributed by atoms with Gasteiger partial charge in [0.1, 0.15) is 5.82 Å². The van der Waals surface area contributed by atoms with Crippen molar-refractivity contribution in [3.05, 3.63) is 24.0 Å². The summed E-state index contributed by atoms with van der Waals surface area (Å²) in [5.74, 6) is 1.34. The van der Waals surface area contributed by atoms with Gasteiger partial charge in [-0.15, -0.1) is 5.10 Å². The van der Waals surface area contributed by atoms with E-state index in [1.807, 2.05) is 0 Å². The Morgan fingerprint density at radius 1 is 1.47 bits per heavy atom. The number of benzene rings is 1. The van der Waals surface area contributed by atoms with Crippen LogP contribution >= 0.6 is 0 Å². The van der Waals surface area contributed by atoms with E-state index in [2.05, 4.69) is 22.4 Å². The molecule has 0 aliphatic heterocycles. The molecule has 0 saturated heterocycles. The van der Waals surface area contributed by atoms with Crippen molar-refractivity contribution in [2.75, 3.05) is 5.73 Å². The molecular formula is C13H16FN5. The molecule has 2 aromatic rings. The topological polar surface area (TPSA) is 69.6 Å². The third-order valence-electron chi connectivity index (χ3n) is 3.65. The number of hydrogen-bond donors (Lipinski definition) is 1. The lowest BCUT2D eigenvalue weighted by Gasteiger charge is -2.11. The van der Waals surface area contributed by atoms with Crippen molar-refractivity contribution in [3.8, 4) is 11.4 Å². The number of nitrogen functional groups attached to an aromatic ring is 1. The van der Waals surface area contributed by atoms with Crippen LogP contribution in [0.25, 0.3) is 11.4 Å². The number of tetrazole rings is 1. The quantitative estimate of drug-likeness (QED) is 0.856. The Balaban J connectivity index is 1.90. The van der Waals surface area contributed by atoms with Crippen LogP contribution in [-0.4, -0.2) is 20.2 Å². The second-order valence-corrected chi connectivity index (χ2v) is 5.24. The van der Waals surface area contributed by atoms with Crippen LogP contribution in [0.1, 0.15) is 19.8 Å². The van der Waals surface area contributed by atoms with Crippen molar-refractivity contribution in [1.29, 1.82) is 0 Å². The maximum Gasteiger partial charge on any atom is 0.184 e. The van der Waals surface area contributed by atoms with E-state index in [1.165, 1.54) is 18.9 Å². The summed E-state index contributed by atoms with van der Waals surface area (Å²) in [6.45, 7) is 2.90. The van der Waals surface area contributed by atoms with E-state index in [0.717, 1.165) is 12.5 Å². The third-order valence-corrected chi connectivity index (χ3v) is 3.65. The molecule has 0 spiro atoms. The summed E-state index contributed by atoms with van der Waals surface area (Å²) in [6.07, 6.45) is 2.55. The van der Waals surface area contributed by atoms with E-state index < -0.39 is 5.82 Å². The van der Waals surface area contributed by atoms with Crippen LogP contribution in [0.2, 0.25) is 0 Å². The van der Waals surface area contributed by atoms with Crippen LogP contribution in [0, 0.1) is 17.7 Å². The van der Waals surface area contributed by atoms with Crippen molar-refractivity contribution in [2.45, 2.75) is 26.3 Å². The monoisotopic (exact) mass is 261 g/mol. The van der Waals surface area contributed by atoms with E-state index in [0.29, 0.717) is 23.0 Å². The molecule has 6 heteroatoms. The zero-order valence-corrected chi connectivity index (χ0v) is 10.8. The number of nitrogens with zero attached hydrogens (tertiary/aromatic N) is 4. The molecule has 1 aromatic heterocycles. The molecule has 100 valence electrons. The van der Waals surface area contributed by atoms with Gasteiger partial charge in [-0.1, -0.05) is 6.92 Å². The number of nitrogens with two attached hydrogens (primary N) is 1. The van der Waals surface area contributed by atoms with E-state index in [-0.39, 0.29) is 0 Å². The first-order chi connectivity index (χ1) is 9.15. The first-order valence-electron chi connectivity index (χ1n) is 6.46. The van der Waals surface area contributed by atoms with E-state index >= 15 is 0 Å². The van der Waals surface area contributed by atoms with Crippen molar-refractivity contribution >= 4 is 5.69 Å². The fourth-order valence-corrected chi connectivity index (χ4v) is 2.32. The predicted molar refractivity (Wildman–Crippen MR) is 69.5 cm³/mol. The first-order valence-corrected chi connectivity index (χ1v) is 6.46. The summed E-state index contributed by atoms with van der Waals surface area (Å²) >= 11 is 0. The van der Waals surface area contributed by atoms with Crippen LogP contribution in [0.15, 0.2) is 18.2 Å². The molecule has 19 heavy (non-hydrogen) atoms. The molecule has 1 aromatic carbocycles. The molecule has 0 amide bonds. The molecule has 0 radical (unpaired) electrons. The second kappa shape index (κ2) is 4.60. The van der Waals surface area contributed by atoms with Crippen molar-refractivity contribution < 1.29 is 4.39 Å². The SMILES string of the molecule is CC(Cn1nnnc1-c1ccc(N)cc1F)C1CC1. The normalized spacial score (nSPS) is 16.5. The van der Waals surface area contributed by atoms with Crippen LogP contribution in [0.4, 0.5) is 10.1 Å². The summed E-state index contributed by atoms with van der Waals surface area (Å²) < 4.78 is 15.6. The van der Waals surface area contributed by atoms with E-state index in [9.17, 15) is 4.39 Å². The number of hydrogen-bond acceptors (Lipinski definition) is 4. The molecule has 1 atom stereocenters. The predicted octanol–water partition coefficient (Wildman–Crippen LogP) is 2.11. The lowest BCUT2D eigenvalue weighted by molar-refractivity contribution is 0.402. The van der Waals surface area contributed by atoms with Gasteiger partial charge in [0.15, 0.2) is 5.82 Å². The van der Waals surface area contributed by atoms with E-state index in [1.54, 1.807) is 16.8 Å². The van der Waals surface area contributed by atoms with Crippen LogP contribution in [0.3, 0.4) is 0 Å². The maximum absolute atomic E-state index is 13.9. The van der Waals surface area contributed by atoms with Gasteiger partial charge in [0.2, 0.25) is 0 Å². The number of aromatic nitrogens is 4.